The van der Waals surface area contributed by atoms with Crippen LogP contribution in [0.25, 0.3) is 0 Å². The first kappa shape index (κ1) is 7.37. The lowest BCUT2D eigenvalue weighted by Crippen LogP contribution is -1.85. The lowest BCUT2D eigenvalue weighted by atomic mass is 10.2. The van der Waals surface area contributed by atoms with E-state index in [1.54, 1.807) is 6.29 Å². The van der Waals surface area contributed by atoms with Crippen molar-refractivity contribution < 1.29 is 9.90 Å². The first-order valence-corrected chi connectivity index (χ1v) is 2.48. The smallest absolute Gasteiger partial charge is 0.228 e. The molecule has 1 N–H and O–H groups in total. The standard InChI is InChI=1S/C6H9O2/c1-6(5-8)3-2-4-7/h7H,1-4H2. The molecule has 0 fully saturated rings. The number of aliphatic hydroxyl groups excluding tert-OH is 1. The van der Waals surface area contributed by atoms with E-state index in [0.717, 1.165) is 0 Å². The molecule has 0 spiro atoms. The Labute approximate surface area is 48.8 Å². The average Bonchev–Trinajstić information content (AvgIpc) is 1.83. The first-order chi connectivity index (χ1) is 3.81. The maximum atomic E-state index is 9.70. The van der Waals surface area contributed by atoms with Crippen molar-refractivity contribution in [1.29, 1.82) is 0 Å². The highest BCUT2D eigenvalue weighted by Crippen LogP contribution is 1.95. The van der Waals surface area contributed by atoms with Crippen LogP contribution >= 0.6 is 0 Å². The van der Waals surface area contributed by atoms with Crippen LogP contribution in [0.3, 0.4) is 0 Å². The second kappa shape index (κ2) is 4.53. The minimum atomic E-state index is 0.112. The topological polar surface area (TPSA) is 37.3 Å². The third-order valence-electron chi connectivity index (χ3n) is 0.781. The summed E-state index contributed by atoms with van der Waals surface area (Å²) in [5.41, 5.74) is 0.430. The summed E-state index contributed by atoms with van der Waals surface area (Å²) < 4.78 is 0. The molecule has 0 saturated heterocycles. The molecule has 0 bridgehead atoms. The number of hydrogen-bond acceptors (Lipinski definition) is 2. The van der Waals surface area contributed by atoms with E-state index < -0.39 is 0 Å². The fourth-order valence-corrected chi connectivity index (χ4v) is 0.343. The van der Waals surface area contributed by atoms with Crippen LogP contribution in [-0.4, -0.2) is 18.0 Å². The third kappa shape index (κ3) is 3.56. The highest BCUT2D eigenvalue weighted by molar-refractivity contribution is 5.72. The lowest BCUT2D eigenvalue weighted by molar-refractivity contribution is 0.289. The van der Waals surface area contributed by atoms with Crippen molar-refractivity contribution in [1.82, 2.24) is 0 Å². The van der Waals surface area contributed by atoms with Crippen molar-refractivity contribution in [2.24, 2.45) is 0 Å². The molecular formula is C6H9O2. The molecule has 0 saturated carbocycles. The summed E-state index contributed by atoms with van der Waals surface area (Å²) >= 11 is 0. The summed E-state index contributed by atoms with van der Waals surface area (Å²) in [5, 5.41) is 8.24. The van der Waals surface area contributed by atoms with Crippen LogP contribution in [0.1, 0.15) is 12.8 Å². The molecule has 0 aliphatic rings. The van der Waals surface area contributed by atoms with Gasteiger partial charge < -0.3 is 5.11 Å². The highest BCUT2D eigenvalue weighted by atomic mass is 16.2. The maximum absolute atomic E-state index is 9.70. The van der Waals surface area contributed by atoms with Gasteiger partial charge in [-0.15, -0.1) is 0 Å². The molecule has 0 unspecified atom stereocenters. The molecule has 0 aromatic rings. The van der Waals surface area contributed by atoms with Crippen molar-refractivity contribution in [2.45, 2.75) is 12.8 Å². The van der Waals surface area contributed by atoms with Gasteiger partial charge in [0, 0.05) is 6.61 Å². The van der Waals surface area contributed by atoms with Crippen LogP contribution in [-0.2, 0) is 4.79 Å². The van der Waals surface area contributed by atoms with E-state index in [1.807, 2.05) is 0 Å². The van der Waals surface area contributed by atoms with Crippen molar-refractivity contribution >= 4 is 6.29 Å². The van der Waals surface area contributed by atoms with Gasteiger partial charge in [-0.1, -0.05) is 6.58 Å². The highest BCUT2D eigenvalue weighted by Gasteiger charge is 1.89. The summed E-state index contributed by atoms with van der Waals surface area (Å²) in [4.78, 5) is 9.70. The number of aliphatic hydroxyl groups is 1. The van der Waals surface area contributed by atoms with Gasteiger partial charge in [0.05, 0.1) is 0 Å². The Morgan fingerprint density at radius 3 is 2.75 bits per heavy atom. The van der Waals surface area contributed by atoms with Crippen LogP contribution in [0, 0.1) is 0 Å². The number of allylic oxidation sites excluding steroid dienone is 1. The van der Waals surface area contributed by atoms with E-state index in [-0.39, 0.29) is 6.61 Å². The Morgan fingerprint density at radius 1 is 1.75 bits per heavy atom. The molecule has 0 heterocycles. The van der Waals surface area contributed by atoms with Crippen LogP contribution in [0.15, 0.2) is 12.2 Å². The van der Waals surface area contributed by atoms with E-state index in [4.69, 9.17) is 5.11 Å². The Bertz CT molecular complexity index is 86.5. The molecule has 0 atom stereocenters. The van der Waals surface area contributed by atoms with Crippen LogP contribution in [0.5, 0.6) is 0 Å². The molecule has 0 aromatic heterocycles. The van der Waals surface area contributed by atoms with Gasteiger partial charge in [0.2, 0.25) is 6.29 Å². The summed E-state index contributed by atoms with van der Waals surface area (Å²) in [6.07, 6.45) is 2.80. The van der Waals surface area contributed by atoms with Gasteiger partial charge >= 0.3 is 0 Å². The minimum absolute atomic E-state index is 0.112. The van der Waals surface area contributed by atoms with E-state index in [9.17, 15) is 4.79 Å². The average molecular weight is 113 g/mol. The Hall–Kier alpha value is -0.630. The van der Waals surface area contributed by atoms with Crippen molar-refractivity contribution in [3.05, 3.63) is 12.2 Å². The summed E-state index contributed by atoms with van der Waals surface area (Å²) in [6.45, 7) is 3.49. The van der Waals surface area contributed by atoms with E-state index in [2.05, 4.69) is 6.58 Å². The Balaban J connectivity index is 3.11. The molecule has 0 aliphatic carbocycles. The number of carbonyl (C=O) groups excluding carboxylic acids is 1. The monoisotopic (exact) mass is 113 g/mol. The van der Waals surface area contributed by atoms with Gasteiger partial charge in [-0.3, -0.25) is 4.79 Å². The van der Waals surface area contributed by atoms with E-state index in [1.165, 1.54) is 0 Å². The Morgan fingerprint density at radius 2 is 2.38 bits per heavy atom. The third-order valence-corrected chi connectivity index (χ3v) is 0.781. The number of hydrogen-bond donors (Lipinski definition) is 1. The molecule has 1 radical (unpaired) electrons. The largest absolute Gasteiger partial charge is 0.396 e. The van der Waals surface area contributed by atoms with Crippen LogP contribution < -0.4 is 0 Å². The normalized spacial score (nSPS) is 8.62. The molecular weight excluding hydrogens is 104 g/mol. The minimum Gasteiger partial charge on any atom is -0.396 e. The molecule has 8 heavy (non-hydrogen) atoms. The predicted molar refractivity (Wildman–Crippen MR) is 31.2 cm³/mol. The quantitative estimate of drug-likeness (QED) is 0.536. The van der Waals surface area contributed by atoms with Gasteiger partial charge in [0.15, 0.2) is 0 Å². The van der Waals surface area contributed by atoms with Gasteiger partial charge in [-0.05, 0) is 18.4 Å². The molecule has 0 aliphatic heterocycles. The Kier molecular flexibility index (Phi) is 4.17. The second-order valence-corrected chi connectivity index (χ2v) is 1.53. The molecule has 0 amide bonds. The van der Waals surface area contributed by atoms with E-state index >= 15 is 0 Å². The van der Waals surface area contributed by atoms with Crippen molar-refractivity contribution in [2.75, 3.05) is 6.61 Å². The summed E-state index contributed by atoms with van der Waals surface area (Å²) in [5.74, 6) is 0. The van der Waals surface area contributed by atoms with Gasteiger partial charge in [-0.25, -0.2) is 0 Å². The molecule has 45 valence electrons. The number of rotatable bonds is 4. The van der Waals surface area contributed by atoms with Gasteiger partial charge in [-0.2, -0.15) is 0 Å². The zero-order valence-corrected chi connectivity index (χ0v) is 4.68. The zero-order valence-electron chi connectivity index (χ0n) is 4.68. The summed E-state index contributed by atoms with van der Waals surface area (Å²) in [6, 6.07) is 0. The fourth-order valence-electron chi connectivity index (χ4n) is 0.343. The van der Waals surface area contributed by atoms with Gasteiger partial charge in [0.1, 0.15) is 0 Å². The lowest BCUT2D eigenvalue weighted by Gasteiger charge is -1.89. The predicted octanol–water partition coefficient (Wildman–Crippen LogP) is 0.425. The van der Waals surface area contributed by atoms with Crippen molar-refractivity contribution in [3.8, 4) is 0 Å². The van der Waals surface area contributed by atoms with Crippen LogP contribution in [0.2, 0.25) is 0 Å². The van der Waals surface area contributed by atoms with Gasteiger partial charge in [0.25, 0.3) is 0 Å². The SMILES string of the molecule is C=C([C]=O)CCCO. The fraction of sp³-hybridized carbons (Fsp3) is 0.500. The first-order valence-electron chi connectivity index (χ1n) is 2.48. The van der Waals surface area contributed by atoms with E-state index in [0.29, 0.717) is 18.4 Å². The molecule has 2 heteroatoms. The second-order valence-electron chi connectivity index (χ2n) is 1.53. The van der Waals surface area contributed by atoms with Crippen LogP contribution in [0.4, 0.5) is 0 Å². The zero-order chi connectivity index (χ0) is 6.41. The molecule has 0 aromatic carbocycles. The summed E-state index contributed by atoms with van der Waals surface area (Å²) in [7, 11) is 0. The molecule has 2 nitrogen and oxygen atoms in total. The molecule has 0 rings (SSSR count). The van der Waals surface area contributed by atoms with Crippen molar-refractivity contribution in [3.63, 3.8) is 0 Å². The maximum Gasteiger partial charge on any atom is 0.228 e.